The van der Waals surface area contributed by atoms with Crippen LogP contribution in [0.5, 0.6) is 0 Å². The van der Waals surface area contributed by atoms with E-state index in [1.807, 2.05) is 30.3 Å². The minimum Gasteiger partial charge on any atom is -0.466 e. The number of ether oxygens (including phenoxy) is 2. The van der Waals surface area contributed by atoms with E-state index in [2.05, 4.69) is 0 Å². The van der Waals surface area contributed by atoms with Crippen LogP contribution in [0.4, 0.5) is 0 Å². The van der Waals surface area contributed by atoms with E-state index in [1.165, 1.54) is 19.1 Å². The van der Waals surface area contributed by atoms with Gasteiger partial charge in [-0.3, -0.25) is 14.5 Å². The zero-order valence-electron chi connectivity index (χ0n) is 16.2. The van der Waals surface area contributed by atoms with Crippen molar-refractivity contribution in [3.05, 3.63) is 47.0 Å². The SMILES string of the molecule is COC(=O)C1=C(C(=O)OC)[C@H]2[C@H]3C[C@H]([C@H]4C(=O)N(Cc5ccccc5)C(=O)[C@@H]34)[C@@H]12. The van der Waals surface area contributed by atoms with E-state index in [-0.39, 0.29) is 42.0 Å². The molecule has 1 aliphatic heterocycles. The van der Waals surface area contributed by atoms with Gasteiger partial charge in [0.15, 0.2) is 0 Å². The summed E-state index contributed by atoms with van der Waals surface area (Å²) in [4.78, 5) is 52.4. The topological polar surface area (TPSA) is 90.0 Å². The molecule has 3 aliphatic carbocycles. The first-order chi connectivity index (χ1) is 14.0. The number of likely N-dealkylation sites (tertiary alicyclic amines) is 1. The molecule has 2 saturated carbocycles. The van der Waals surface area contributed by atoms with Crippen LogP contribution in [0, 0.1) is 35.5 Å². The van der Waals surface area contributed by atoms with Gasteiger partial charge in [-0.2, -0.15) is 0 Å². The first-order valence-electron chi connectivity index (χ1n) is 9.79. The molecule has 5 rings (SSSR count). The molecule has 0 radical (unpaired) electrons. The van der Waals surface area contributed by atoms with E-state index in [1.54, 1.807) is 0 Å². The van der Waals surface area contributed by atoms with Gasteiger partial charge in [-0.15, -0.1) is 0 Å². The number of fused-ring (bicyclic) bond motifs is 8. The maximum Gasteiger partial charge on any atom is 0.334 e. The average molecular weight is 395 g/mol. The van der Waals surface area contributed by atoms with Crippen LogP contribution in [0.15, 0.2) is 41.5 Å². The molecule has 2 bridgehead atoms. The smallest absolute Gasteiger partial charge is 0.334 e. The van der Waals surface area contributed by atoms with E-state index in [0.29, 0.717) is 17.6 Å². The Morgan fingerprint density at radius 2 is 1.34 bits per heavy atom. The second-order valence-electron chi connectivity index (χ2n) is 8.23. The molecule has 1 aromatic carbocycles. The van der Waals surface area contributed by atoms with Gasteiger partial charge in [0, 0.05) is 11.8 Å². The van der Waals surface area contributed by atoms with Gasteiger partial charge in [-0.1, -0.05) is 30.3 Å². The Morgan fingerprint density at radius 3 is 1.79 bits per heavy atom. The molecular formula is C22H21NO6. The highest BCUT2D eigenvalue weighted by Gasteiger charge is 2.72. The summed E-state index contributed by atoms with van der Waals surface area (Å²) in [5, 5.41) is 0. The number of amides is 2. The summed E-state index contributed by atoms with van der Waals surface area (Å²) < 4.78 is 9.77. The van der Waals surface area contributed by atoms with Crippen molar-refractivity contribution in [2.45, 2.75) is 13.0 Å². The third kappa shape index (κ3) is 2.24. The number of carbonyl (C=O) groups is 4. The van der Waals surface area contributed by atoms with Crippen LogP contribution in [-0.4, -0.2) is 42.9 Å². The van der Waals surface area contributed by atoms with Gasteiger partial charge in [-0.05, 0) is 23.8 Å². The van der Waals surface area contributed by atoms with Crippen molar-refractivity contribution < 1.29 is 28.7 Å². The lowest BCUT2D eigenvalue weighted by atomic mass is 9.56. The fourth-order valence-corrected chi connectivity index (χ4v) is 6.24. The lowest BCUT2D eigenvalue weighted by Crippen LogP contribution is -2.48. The monoisotopic (exact) mass is 395 g/mol. The zero-order chi connectivity index (χ0) is 20.4. The Balaban J connectivity index is 1.48. The molecule has 3 fully saturated rings. The third-order valence-corrected chi connectivity index (χ3v) is 7.22. The largest absolute Gasteiger partial charge is 0.466 e. The van der Waals surface area contributed by atoms with Crippen molar-refractivity contribution in [2.24, 2.45) is 35.5 Å². The molecule has 29 heavy (non-hydrogen) atoms. The molecular weight excluding hydrogens is 374 g/mol. The van der Waals surface area contributed by atoms with Crippen molar-refractivity contribution >= 4 is 23.8 Å². The normalized spacial score (nSPS) is 34.1. The molecule has 6 atom stereocenters. The summed E-state index contributed by atoms with van der Waals surface area (Å²) in [6.07, 6.45) is 0.669. The standard InChI is InChI=1S/C22H21NO6/c1-28-21(26)17-13-11-8-12(14(13)18(17)22(27)29-2)16-15(11)19(24)23(20(16)25)9-10-6-4-3-5-7-10/h3-7,11-16H,8-9H2,1-2H3/t11-,12+,13+,14-,15+,16-. The van der Waals surface area contributed by atoms with E-state index >= 15 is 0 Å². The van der Waals surface area contributed by atoms with E-state index < -0.39 is 23.8 Å². The van der Waals surface area contributed by atoms with Crippen molar-refractivity contribution in [1.29, 1.82) is 0 Å². The number of hydrogen-bond acceptors (Lipinski definition) is 6. The number of rotatable bonds is 4. The van der Waals surface area contributed by atoms with E-state index in [0.717, 1.165) is 5.56 Å². The lowest BCUT2D eigenvalue weighted by molar-refractivity contribution is -0.144. The number of benzene rings is 1. The van der Waals surface area contributed by atoms with Crippen LogP contribution in [0.3, 0.4) is 0 Å². The Hall–Kier alpha value is -2.96. The summed E-state index contributed by atoms with van der Waals surface area (Å²) in [7, 11) is 2.55. The maximum absolute atomic E-state index is 13.2. The Bertz CT molecular complexity index is 911. The van der Waals surface area contributed by atoms with Gasteiger partial charge in [0.05, 0.1) is 43.7 Å². The number of nitrogens with zero attached hydrogens (tertiary/aromatic N) is 1. The minimum absolute atomic E-state index is 0.116. The Morgan fingerprint density at radius 1 is 0.862 bits per heavy atom. The molecule has 0 spiro atoms. The van der Waals surface area contributed by atoms with Gasteiger partial charge in [-0.25, -0.2) is 9.59 Å². The van der Waals surface area contributed by atoms with Gasteiger partial charge in [0.1, 0.15) is 0 Å². The number of hydrogen-bond donors (Lipinski definition) is 0. The number of imide groups is 1. The summed E-state index contributed by atoms with van der Waals surface area (Å²) in [5.41, 5.74) is 1.56. The van der Waals surface area contributed by atoms with Crippen molar-refractivity contribution in [2.75, 3.05) is 14.2 Å². The van der Waals surface area contributed by atoms with Crippen LogP contribution < -0.4 is 0 Å². The minimum atomic E-state index is -0.548. The predicted octanol–water partition coefficient (Wildman–Crippen LogP) is 1.33. The second-order valence-corrected chi connectivity index (χ2v) is 8.23. The maximum atomic E-state index is 13.2. The molecule has 1 saturated heterocycles. The molecule has 4 aliphatic rings. The van der Waals surface area contributed by atoms with Crippen LogP contribution in [-0.2, 0) is 35.2 Å². The van der Waals surface area contributed by atoms with Gasteiger partial charge >= 0.3 is 11.9 Å². The molecule has 0 aromatic heterocycles. The zero-order valence-corrected chi connectivity index (χ0v) is 16.2. The Labute approximate surface area is 167 Å². The van der Waals surface area contributed by atoms with Crippen LogP contribution in [0.25, 0.3) is 0 Å². The molecule has 0 unspecified atom stereocenters. The molecule has 150 valence electrons. The molecule has 7 nitrogen and oxygen atoms in total. The van der Waals surface area contributed by atoms with Gasteiger partial charge in [0.2, 0.25) is 11.8 Å². The number of esters is 2. The summed E-state index contributed by atoms with van der Waals surface area (Å²) in [5.74, 6) is -2.91. The van der Waals surface area contributed by atoms with Crippen molar-refractivity contribution in [3.8, 4) is 0 Å². The lowest BCUT2D eigenvalue weighted by Gasteiger charge is -2.44. The molecule has 1 aromatic rings. The summed E-state index contributed by atoms with van der Waals surface area (Å²) in [6.45, 7) is 0.251. The molecule has 7 heteroatoms. The second kappa shape index (κ2) is 6.27. The summed E-state index contributed by atoms with van der Waals surface area (Å²) in [6, 6.07) is 9.41. The molecule has 1 heterocycles. The van der Waals surface area contributed by atoms with Crippen molar-refractivity contribution in [1.82, 2.24) is 4.90 Å². The fourth-order valence-electron chi connectivity index (χ4n) is 6.24. The van der Waals surface area contributed by atoms with Crippen LogP contribution >= 0.6 is 0 Å². The van der Waals surface area contributed by atoms with Crippen molar-refractivity contribution in [3.63, 3.8) is 0 Å². The summed E-state index contributed by atoms with van der Waals surface area (Å²) >= 11 is 0. The Kier molecular flexibility index (Phi) is 3.91. The molecule has 2 amide bonds. The first kappa shape index (κ1) is 18.1. The number of methoxy groups -OCH3 is 2. The van der Waals surface area contributed by atoms with Crippen LogP contribution in [0.2, 0.25) is 0 Å². The third-order valence-electron chi connectivity index (χ3n) is 7.22. The van der Waals surface area contributed by atoms with Gasteiger partial charge < -0.3 is 9.47 Å². The van der Waals surface area contributed by atoms with Gasteiger partial charge in [0.25, 0.3) is 0 Å². The van der Waals surface area contributed by atoms with Crippen LogP contribution in [0.1, 0.15) is 12.0 Å². The fraction of sp³-hybridized carbons (Fsp3) is 0.455. The quantitative estimate of drug-likeness (QED) is 0.564. The highest BCUT2D eigenvalue weighted by Crippen LogP contribution is 2.69. The first-order valence-corrected chi connectivity index (χ1v) is 9.79. The predicted molar refractivity (Wildman–Crippen MR) is 98.6 cm³/mol. The highest BCUT2D eigenvalue weighted by molar-refractivity contribution is 6.09. The molecule has 0 N–H and O–H groups in total. The number of carbonyl (C=O) groups excluding carboxylic acids is 4. The highest BCUT2D eigenvalue weighted by atomic mass is 16.5. The van der Waals surface area contributed by atoms with E-state index in [9.17, 15) is 19.2 Å². The average Bonchev–Trinajstić information content (AvgIpc) is 3.31. The van der Waals surface area contributed by atoms with E-state index in [4.69, 9.17) is 9.47 Å².